The van der Waals surface area contributed by atoms with Crippen molar-refractivity contribution in [2.75, 3.05) is 9.80 Å². The van der Waals surface area contributed by atoms with E-state index in [9.17, 15) is 0 Å². The second-order valence-electron chi connectivity index (χ2n) is 20.2. The zero-order valence-corrected chi connectivity index (χ0v) is 40.8. The molecule has 0 aromatic heterocycles. The summed E-state index contributed by atoms with van der Waals surface area (Å²) >= 11 is 0. The predicted octanol–water partition coefficient (Wildman–Crippen LogP) is 19.4. The highest BCUT2D eigenvalue weighted by atomic mass is 15.2. The van der Waals surface area contributed by atoms with E-state index in [2.05, 4.69) is 277 Å². The summed E-state index contributed by atoms with van der Waals surface area (Å²) < 4.78 is 0. The molecule has 14 rings (SSSR count). The molecule has 348 valence electrons. The Kier molecular flexibility index (Phi) is 10.5. The van der Waals surface area contributed by atoms with Crippen molar-refractivity contribution >= 4 is 44.9 Å². The second kappa shape index (κ2) is 17.8. The number of anilines is 6. The third kappa shape index (κ3) is 7.00. The van der Waals surface area contributed by atoms with Crippen molar-refractivity contribution in [2.24, 2.45) is 5.92 Å². The SMILES string of the molecule is c1ccc(-c2ccc(N(c3cccc(-c4ccc(N(c5ccccc5)c5ccc6ccccc6c5-c5ccccc5)cc4)c3)c3cccc4c3-c3ccccc3C43c4ccccc4C4CCCCC43)cc2)cc1. The maximum Gasteiger partial charge on any atom is 0.0546 e. The summed E-state index contributed by atoms with van der Waals surface area (Å²) in [5.41, 5.74) is 22.5. The number of nitrogens with zero attached hydrogens (tertiary/aromatic N) is 2. The second-order valence-corrected chi connectivity index (χ2v) is 20.2. The van der Waals surface area contributed by atoms with Crippen LogP contribution in [-0.2, 0) is 5.41 Å². The first kappa shape index (κ1) is 43.1. The summed E-state index contributed by atoms with van der Waals surface area (Å²) in [7, 11) is 0. The minimum absolute atomic E-state index is 0.196. The first-order valence-electron chi connectivity index (χ1n) is 26.2. The molecule has 3 aliphatic carbocycles. The lowest BCUT2D eigenvalue weighted by atomic mass is 9.63. The number of benzene rings is 11. The third-order valence-electron chi connectivity index (χ3n) is 16.5. The molecule has 3 unspecified atom stereocenters. The molecule has 3 atom stereocenters. The third-order valence-corrected chi connectivity index (χ3v) is 16.5. The van der Waals surface area contributed by atoms with Gasteiger partial charge in [-0.05, 0) is 152 Å². The summed E-state index contributed by atoms with van der Waals surface area (Å²) in [4.78, 5) is 4.94. The zero-order valence-electron chi connectivity index (χ0n) is 40.8. The van der Waals surface area contributed by atoms with E-state index in [0.29, 0.717) is 11.8 Å². The predicted molar refractivity (Wildman–Crippen MR) is 306 cm³/mol. The Bertz CT molecular complexity index is 3810. The van der Waals surface area contributed by atoms with E-state index < -0.39 is 0 Å². The van der Waals surface area contributed by atoms with Crippen LogP contribution in [0.25, 0.3) is 55.3 Å². The normalized spacial score (nSPS) is 17.2. The van der Waals surface area contributed by atoms with Crippen LogP contribution in [0.5, 0.6) is 0 Å². The summed E-state index contributed by atoms with van der Waals surface area (Å²) in [6.07, 6.45) is 5.08. The van der Waals surface area contributed by atoms with Gasteiger partial charge >= 0.3 is 0 Å². The topological polar surface area (TPSA) is 6.48 Å². The monoisotopic (exact) mass is 934 g/mol. The van der Waals surface area contributed by atoms with Crippen molar-refractivity contribution < 1.29 is 0 Å². The Morgan fingerprint density at radius 1 is 0.329 bits per heavy atom. The molecule has 0 aliphatic heterocycles. The van der Waals surface area contributed by atoms with E-state index in [1.54, 1.807) is 5.56 Å². The van der Waals surface area contributed by atoms with Crippen LogP contribution in [0.15, 0.2) is 267 Å². The quantitative estimate of drug-likeness (QED) is 0.142. The van der Waals surface area contributed by atoms with Gasteiger partial charge in [-0.3, -0.25) is 0 Å². The Morgan fingerprint density at radius 3 is 1.62 bits per heavy atom. The minimum atomic E-state index is -0.196. The van der Waals surface area contributed by atoms with E-state index >= 15 is 0 Å². The van der Waals surface area contributed by atoms with Gasteiger partial charge in [0.05, 0.1) is 16.8 Å². The average molecular weight is 935 g/mol. The average Bonchev–Trinajstić information content (AvgIpc) is 3.94. The Labute approximate surface area is 429 Å². The van der Waals surface area contributed by atoms with Gasteiger partial charge in [0.2, 0.25) is 0 Å². The molecule has 0 heterocycles. The highest BCUT2D eigenvalue weighted by Gasteiger charge is 2.58. The molecule has 11 aromatic rings. The first-order chi connectivity index (χ1) is 36.2. The van der Waals surface area contributed by atoms with Gasteiger partial charge in [-0.25, -0.2) is 0 Å². The molecule has 0 amide bonds. The van der Waals surface area contributed by atoms with Crippen molar-refractivity contribution in [3.8, 4) is 44.5 Å². The molecule has 1 spiro atoms. The Morgan fingerprint density at radius 2 is 0.849 bits per heavy atom. The molecule has 1 saturated carbocycles. The maximum absolute atomic E-state index is 2.53. The summed E-state index contributed by atoms with van der Waals surface area (Å²) in [6.45, 7) is 0. The van der Waals surface area contributed by atoms with Crippen molar-refractivity contribution in [3.05, 3.63) is 289 Å². The van der Waals surface area contributed by atoms with Crippen molar-refractivity contribution in [1.82, 2.24) is 0 Å². The first-order valence-corrected chi connectivity index (χ1v) is 26.2. The fourth-order valence-corrected chi connectivity index (χ4v) is 13.5. The van der Waals surface area contributed by atoms with Gasteiger partial charge in [0.25, 0.3) is 0 Å². The molecule has 0 radical (unpaired) electrons. The van der Waals surface area contributed by atoms with Crippen LogP contribution in [-0.4, -0.2) is 0 Å². The largest absolute Gasteiger partial charge is 0.310 e. The highest BCUT2D eigenvalue weighted by molar-refractivity contribution is 6.05. The smallest absolute Gasteiger partial charge is 0.0546 e. The van der Waals surface area contributed by atoms with Crippen LogP contribution in [0.3, 0.4) is 0 Å². The summed E-state index contributed by atoms with van der Waals surface area (Å²) in [5, 5.41) is 2.45. The number of para-hydroxylation sites is 1. The van der Waals surface area contributed by atoms with Crippen LogP contribution in [0.4, 0.5) is 34.1 Å². The van der Waals surface area contributed by atoms with E-state index in [-0.39, 0.29) is 5.41 Å². The van der Waals surface area contributed by atoms with E-state index in [1.807, 2.05) is 0 Å². The summed E-state index contributed by atoms with van der Waals surface area (Å²) in [6, 6.07) is 99.2. The van der Waals surface area contributed by atoms with Crippen molar-refractivity contribution in [2.45, 2.75) is 37.0 Å². The van der Waals surface area contributed by atoms with Crippen molar-refractivity contribution in [3.63, 3.8) is 0 Å². The molecule has 2 nitrogen and oxygen atoms in total. The molecular formula is C71H54N2. The van der Waals surface area contributed by atoms with Gasteiger partial charge in [-0.15, -0.1) is 0 Å². The fraction of sp³-hybridized carbons (Fsp3) is 0.0986. The van der Waals surface area contributed by atoms with Gasteiger partial charge in [0, 0.05) is 33.9 Å². The number of fused-ring (bicyclic) bond motifs is 11. The van der Waals surface area contributed by atoms with E-state index in [1.165, 1.54) is 92.2 Å². The molecule has 11 aromatic carbocycles. The molecule has 0 N–H and O–H groups in total. The Balaban J connectivity index is 0.914. The van der Waals surface area contributed by atoms with Gasteiger partial charge in [-0.2, -0.15) is 0 Å². The molecule has 3 aliphatic rings. The zero-order chi connectivity index (χ0) is 48.3. The van der Waals surface area contributed by atoms with Crippen LogP contribution < -0.4 is 9.80 Å². The van der Waals surface area contributed by atoms with E-state index in [0.717, 1.165) is 39.6 Å². The standard InChI is InChI=1S/C71H54N2/c1-4-20-49(21-5-1)50-38-43-57(44-39-50)73(67-37-19-36-66-70(67)62-32-14-17-35-65(62)71(66)63-33-15-12-30-60(63)61-31-13-16-34-64(61)71)58-28-18-25-54(48-58)51-40-45-56(46-41-51)72(55-26-8-3-9-27-55)68-47-42-52-22-10-11-29-59(52)69(68)53-23-6-2-7-24-53/h1-12,14-15,17-30,32-33,35-48,61,64H,13,16,31,34H2. The van der Waals surface area contributed by atoms with Gasteiger partial charge in [-0.1, -0.05) is 219 Å². The number of rotatable bonds is 9. The van der Waals surface area contributed by atoms with Crippen LogP contribution >= 0.6 is 0 Å². The summed E-state index contributed by atoms with van der Waals surface area (Å²) in [5.74, 6) is 1.08. The van der Waals surface area contributed by atoms with Crippen LogP contribution in [0.1, 0.15) is 53.9 Å². The van der Waals surface area contributed by atoms with E-state index in [4.69, 9.17) is 0 Å². The molecule has 0 bridgehead atoms. The molecular weight excluding hydrogens is 881 g/mol. The lowest BCUT2D eigenvalue weighted by Crippen LogP contribution is -2.35. The lowest BCUT2D eigenvalue weighted by molar-refractivity contribution is 0.265. The van der Waals surface area contributed by atoms with Crippen LogP contribution in [0.2, 0.25) is 0 Å². The molecule has 1 fully saturated rings. The minimum Gasteiger partial charge on any atom is -0.310 e. The van der Waals surface area contributed by atoms with Crippen LogP contribution in [0, 0.1) is 5.92 Å². The molecule has 73 heavy (non-hydrogen) atoms. The van der Waals surface area contributed by atoms with Gasteiger partial charge < -0.3 is 9.80 Å². The molecule has 0 saturated heterocycles. The molecule has 2 heteroatoms. The highest BCUT2D eigenvalue weighted by Crippen LogP contribution is 2.68. The fourth-order valence-electron chi connectivity index (χ4n) is 13.5. The lowest BCUT2D eigenvalue weighted by Gasteiger charge is -2.39. The number of hydrogen-bond donors (Lipinski definition) is 0. The maximum atomic E-state index is 2.53. The van der Waals surface area contributed by atoms with Crippen molar-refractivity contribution in [1.29, 1.82) is 0 Å². The van der Waals surface area contributed by atoms with Gasteiger partial charge in [0.15, 0.2) is 0 Å². The van der Waals surface area contributed by atoms with Gasteiger partial charge in [0.1, 0.15) is 0 Å². The number of hydrogen-bond acceptors (Lipinski definition) is 2. The Hall–Kier alpha value is -8.72.